The molecule has 1 atom stereocenters. The Morgan fingerprint density at radius 1 is 0.917 bits per heavy atom. The Morgan fingerprint density at radius 2 is 1.62 bits per heavy atom. The average Bonchev–Trinajstić information content (AvgIpc) is 3.05. The number of rotatable bonds is 9. The maximum Gasteiger partial charge on any atom is 0.417 e. The van der Waals surface area contributed by atoms with Gasteiger partial charge in [0.25, 0.3) is 11.5 Å². The number of hydrogen-bond acceptors (Lipinski definition) is 5. The first-order valence-corrected chi connectivity index (χ1v) is 14.6. The molecule has 4 aromatic carbocycles. The SMILES string of the molecule is Cc1ccc(Cn2c(-c3ccc(Oc4cccc(C(=O)N[C@@H](C(=O)O)c5ccccc5)c4)cc3)cc(C(F)(F)F)c(C#N)c2=O)c(C)c1. The van der Waals surface area contributed by atoms with Crippen molar-refractivity contribution in [2.24, 2.45) is 0 Å². The van der Waals surface area contributed by atoms with Crippen LogP contribution in [-0.2, 0) is 17.5 Å². The molecule has 0 bridgehead atoms. The van der Waals surface area contributed by atoms with Gasteiger partial charge in [-0.2, -0.15) is 18.4 Å². The first kappa shape index (κ1) is 33.2. The molecule has 11 heteroatoms. The number of benzene rings is 4. The summed E-state index contributed by atoms with van der Waals surface area (Å²) in [6, 6.07) is 26.7. The van der Waals surface area contributed by atoms with Gasteiger partial charge in [-0.1, -0.05) is 60.2 Å². The van der Waals surface area contributed by atoms with E-state index in [2.05, 4.69) is 5.32 Å². The summed E-state index contributed by atoms with van der Waals surface area (Å²) in [5, 5.41) is 21.7. The summed E-state index contributed by atoms with van der Waals surface area (Å²) in [4.78, 5) is 38.2. The number of aryl methyl sites for hydroxylation is 2. The van der Waals surface area contributed by atoms with Gasteiger partial charge in [0.05, 0.1) is 17.8 Å². The van der Waals surface area contributed by atoms with Crippen molar-refractivity contribution in [2.75, 3.05) is 0 Å². The fraction of sp³-hybridized carbons (Fsp3) is 0.135. The van der Waals surface area contributed by atoms with Crippen molar-refractivity contribution in [1.29, 1.82) is 5.26 Å². The minimum absolute atomic E-state index is 0.0390. The number of halogens is 3. The maximum absolute atomic E-state index is 14.0. The predicted molar refractivity (Wildman–Crippen MR) is 172 cm³/mol. The standard InChI is InChI=1S/C37H28F3N3O5/c1-22-11-12-27(23(2)17-22)21-43-32(19-31(37(38,39)40)30(20-41)35(43)45)24-13-15-28(16-14-24)48-29-10-6-9-26(18-29)34(44)42-33(36(46)47)25-7-4-3-5-8-25/h3-19,33H,21H2,1-2H3,(H,42,44)(H,46,47)/t33-/m1/s1. The van der Waals surface area contributed by atoms with Crippen LogP contribution in [-0.4, -0.2) is 21.6 Å². The third-order valence-electron chi connectivity index (χ3n) is 7.68. The van der Waals surface area contributed by atoms with Gasteiger partial charge in [0, 0.05) is 5.56 Å². The van der Waals surface area contributed by atoms with Crippen LogP contribution in [0.3, 0.4) is 0 Å². The molecule has 1 heterocycles. The van der Waals surface area contributed by atoms with E-state index in [4.69, 9.17) is 4.74 Å². The lowest BCUT2D eigenvalue weighted by Crippen LogP contribution is -2.33. The second-order valence-electron chi connectivity index (χ2n) is 11.1. The number of carbonyl (C=O) groups is 2. The van der Waals surface area contributed by atoms with Crippen molar-refractivity contribution in [2.45, 2.75) is 32.6 Å². The van der Waals surface area contributed by atoms with Gasteiger partial charge in [-0.25, -0.2) is 4.79 Å². The second-order valence-corrected chi connectivity index (χ2v) is 11.1. The van der Waals surface area contributed by atoms with Crippen LogP contribution in [0.1, 0.15) is 49.8 Å². The molecule has 0 aliphatic carbocycles. The van der Waals surface area contributed by atoms with Crippen LogP contribution in [0.4, 0.5) is 13.2 Å². The molecular formula is C37H28F3N3O5. The molecule has 5 aromatic rings. The summed E-state index contributed by atoms with van der Waals surface area (Å²) in [6.45, 7) is 3.67. The van der Waals surface area contributed by atoms with Crippen molar-refractivity contribution in [3.05, 3.63) is 152 Å². The minimum atomic E-state index is -4.94. The Balaban J connectivity index is 1.44. The van der Waals surface area contributed by atoms with E-state index in [1.807, 2.05) is 26.0 Å². The summed E-state index contributed by atoms with van der Waals surface area (Å²) in [5.74, 6) is -1.36. The third-order valence-corrected chi connectivity index (χ3v) is 7.68. The van der Waals surface area contributed by atoms with Gasteiger partial charge in [-0.15, -0.1) is 0 Å². The van der Waals surface area contributed by atoms with E-state index in [1.54, 1.807) is 48.5 Å². The normalized spacial score (nSPS) is 11.8. The van der Waals surface area contributed by atoms with Gasteiger partial charge in [-0.3, -0.25) is 9.59 Å². The first-order chi connectivity index (χ1) is 22.8. The number of carboxylic acids is 1. The number of nitrogens with zero attached hydrogens (tertiary/aromatic N) is 2. The number of amides is 1. The Morgan fingerprint density at radius 3 is 2.25 bits per heavy atom. The molecule has 0 aliphatic rings. The quantitative estimate of drug-likeness (QED) is 0.171. The van der Waals surface area contributed by atoms with Crippen LogP contribution in [0.25, 0.3) is 11.3 Å². The Hall–Kier alpha value is -6.15. The molecule has 0 spiro atoms. The fourth-order valence-electron chi connectivity index (χ4n) is 5.25. The smallest absolute Gasteiger partial charge is 0.417 e. The van der Waals surface area contributed by atoms with E-state index in [-0.39, 0.29) is 34.9 Å². The van der Waals surface area contributed by atoms with Crippen molar-refractivity contribution in [3.8, 4) is 28.8 Å². The third kappa shape index (κ3) is 7.29. The largest absolute Gasteiger partial charge is 0.479 e. The Kier molecular flexibility index (Phi) is 9.47. The van der Waals surface area contributed by atoms with Crippen LogP contribution in [0.5, 0.6) is 11.5 Å². The number of pyridine rings is 1. The number of nitriles is 1. The molecule has 8 nitrogen and oxygen atoms in total. The maximum atomic E-state index is 14.0. The number of ether oxygens (including phenoxy) is 1. The summed E-state index contributed by atoms with van der Waals surface area (Å²) in [7, 11) is 0. The highest BCUT2D eigenvalue weighted by Crippen LogP contribution is 2.35. The lowest BCUT2D eigenvalue weighted by atomic mass is 10.0. The van der Waals surface area contributed by atoms with Gasteiger partial charge < -0.3 is 19.7 Å². The number of nitrogens with one attached hydrogen (secondary N) is 1. The van der Waals surface area contributed by atoms with Crippen LogP contribution >= 0.6 is 0 Å². The van der Waals surface area contributed by atoms with Gasteiger partial charge >= 0.3 is 12.1 Å². The zero-order valence-corrected chi connectivity index (χ0v) is 25.7. The number of alkyl halides is 3. The highest BCUT2D eigenvalue weighted by molar-refractivity contribution is 5.97. The number of carbonyl (C=O) groups excluding carboxylic acids is 1. The summed E-state index contributed by atoms with van der Waals surface area (Å²) >= 11 is 0. The molecule has 0 saturated heterocycles. The molecule has 1 aromatic heterocycles. The summed E-state index contributed by atoms with van der Waals surface area (Å²) in [6.07, 6.45) is -4.94. The van der Waals surface area contributed by atoms with Crippen LogP contribution < -0.4 is 15.6 Å². The van der Waals surface area contributed by atoms with Crippen LogP contribution in [0, 0.1) is 25.2 Å². The van der Waals surface area contributed by atoms with Crippen molar-refractivity contribution in [1.82, 2.24) is 9.88 Å². The lowest BCUT2D eigenvalue weighted by Gasteiger charge is -2.19. The van der Waals surface area contributed by atoms with Crippen LogP contribution in [0.2, 0.25) is 0 Å². The number of hydrogen-bond donors (Lipinski definition) is 2. The summed E-state index contributed by atoms with van der Waals surface area (Å²) < 4.78 is 49.0. The highest BCUT2D eigenvalue weighted by Gasteiger charge is 2.36. The second kappa shape index (κ2) is 13.7. The number of aromatic nitrogens is 1. The molecule has 0 radical (unpaired) electrons. The van der Waals surface area contributed by atoms with Crippen molar-refractivity contribution in [3.63, 3.8) is 0 Å². The molecule has 0 aliphatic heterocycles. The minimum Gasteiger partial charge on any atom is -0.479 e. The summed E-state index contributed by atoms with van der Waals surface area (Å²) in [5.41, 5.74) is -0.0837. The average molecular weight is 652 g/mol. The molecule has 242 valence electrons. The Bertz CT molecular complexity index is 2100. The number of carboxylic acid groups (broad SMARTS) is 1. The molecule has 0 saturated carbocycles. The van der Waals surface area contributed by atoms with E-state index in [0.29, 0.717) is 11.1 Å². The van der Waals surface area contributed by atoms with E-state index in [1.165, 1.54) is 42.5 Å². The monoisotopic (exact) mass is 651 g/mol. The highest BCUT2D eigenvalue weighted by atomic mass is 19.4. The van der Waals surface area contributed by atoms with E-state index in [0.717, 1.165) is 21.8 Å². The van der Waals surface area contributed by atoms with Gasteiger partial charge in [-0.05, 0) is 84.6 Å². The van der Waals surface area contributed by atoms with E-state index < -0.39 is 40.8 Å². The van der Waals surface area contributed by atoms with E-state index in [9.17, 15) is 37.9 Å². The fourth-order valence-corrected chi connectivity index (χ4v) is 5.25. The van der Waals surface area contributed by atoms with Crippen LogP contribution in [0.15, 0.2) is 108 Å². The molecule has 0 unspecified atom stereocenters. The van der Waals surface area contributed by atoms with Crippen molar-refractivity contribution >= 4 is 11.9 Å². The topological polar surface area (TPSA) is 121 Å². The molecular weight excluding hydrogens is 623 g/mol. The van der Waals surface area contributed by atoms with Gasteiger partial charge in [0.15, 0.2) is 6.04 Å². The Labute approximate surface area is 273 Å². The molecule has 48 heavy (non-hydrogen) atoms. The molecule has 0 fully saturated rings. The molecule has 1 amide bonds. The first-order valence-electron chi connectivity index (χ1n) is 14.6. The zero-order valence-electron chi connectivity index (χ0n) is 25.7. The molecule has 2 N–H and O–H groups in total. The lowest BCUT2D eigenvalue weighted by molar-refractivity contribution is -0.139. The van der Waals surface area contributed by atoms with Gasteiger partial charge in [0.1, 0.15) is 23.1 Å². The predicted octanol–water partition coefficient (Wildman–Crippen LogP) is 7.42. The molecule has 5 rings (SSSR count). The van der Waals surface area contributed by atoms with E-state index >= 15 is 0 Å². The zero-order chi connectivity index (χ0) is 34.6. The van der Waals surface area contributed by atoms with Gasteiger partial charge in [0.2, 0.25) is 0 Å². The number of aliphatic carboxylic acids is 1. The van der Waals surface area contributed by atoms with Crippen molar-refractivity contribution < 1.29 is 32.6 Å².